The Balaban J connectivity index is 1.69. The van der Waals surface area contributed by atoms with Gasteiger partial charge in [0.05, 0.1) is 6.61 Å². The van der Waals surface area contributed by atoms with Gasteiger partial charge in [-0.1, -0.05) is 48.0 Å². The molecule has 0 bridgehead atoms. The Kier molecular flexibility index (Phi) is 7.01. The van der Waals surface area contributed by atoms with Crippen molar-refractivity contribution in [3.05, 3.63) is 100 Å². The van der Waals surface area contributed by atoms with Gasteiger partial charge in [0.1, 0.15) is 17.4 Å². The van der Waals surface area contributed by atoms with Crippen molar-refractivity contribution in [2.24, 2.45) is 0 Å². The molecule has 0 atom stereocenters. The van der Waals surface area contributed by atoms with E-state index in [9.17, 15) is 10.1 Å². The Bertz CT molecular complexity index is 1410. The van der Waals surface area contributed by atoms with E-state index in [4.69, 9.17) is 16.3 Å². The number of hydrogen-bond donors (Lipinski definition) is 1. The number of nitriles is 1. The van der Waals surface area contributed by atoms with E-state index in [1.807, 2.05) is 68.4 Å². The molecular formula is C28H24ClN3O2. The molecule has 0 aliphatic rings. The highest BCUT2D eigenvalue weighted by Crippen LogP contribution is 2.29. The number of fused-ring (bicyclic) bond motifs is 1. The number of para-hydroxylation sites is 1. The van der Waals surface area contributed by atoms with Gasteiger partial charge in [-0.15, -0.1) is 0 Å². The van der Waals surface area contributed by atoms with E-state index in [1.165, 1.54) is 0 Å². The zero-order valence-corrected chi connectivity index (χ0v) is 19.8. The third-order valence-electron chi connectivity index (χ3n) is 5.59. The number of aromatic nitrogens is 1. The van der Waals surface area contributed by atoms with Crippen LogP contribution in [-0.4, -0.2) is 17.1 Å². The van der Waals surface area contributed by atoms with E-state index in [-0.39, 0.29) is 5.57 Å². The first-order chi connectivity index (χ1) is 16.5. The first kappa shape index (κ1) is 23.2. The highest BCUT2D eigenvalue weighted by Gasteiger charge is 2.16. The smallest absolute Gasteiger partial charge is 0.266 e. The highest BCUT2D eigenvalue weighted by atomic mass is 35.5. The van der Waals surface area contributed by atoms with Crippen molar-refractivity contribution < 1.29 is 9.53 Å². The van der Waals surface area contributed by atoms with E-state index >= 15 is 0 Å². The molecule has 0 saturated heterocycles. The number of ether oxygens (including phenoxy) is 1. The number of nitrogens with zero attached hydrogens (tertiary/aromatic N) is 2. The quantitative estimate of drug-likeness (QED) is 0.245. The lowest BCUT2D eigenvalue weighted by Gasteiger charge is -2.09. The van der Waals surface area contributed by atoms with Gasteiger partial charge in [0.15, 0.2) is 0 Å². The number of rotatable bonds is 7. The second-order valence-corrected chi connectivity index (χ2v) is 8.25. The van der Waals surface area contributed by atoms with Crippen molar-refractivity contribution >= 4 is 40.2 Å². The van der Waals surface area contributed by atoms with E-state index in [2.05, 4.69) is 16.0 Å². The summed E-state index contributed by atoms with van der Waals surface area (Å²) >= 11 is 6.04. The molecule has 4 rings (SSSR count). The second kappa shape index (κ2) is 10.3. The third-order valence-corrected chi connectivity index (χ3v) is 5.84. The Labute approximate surface area is 203 Å². The molecule has 1 N–H and O–H groups in total. The van der Waals surface area contributed by atoms with Gasteiger partial charge in [-0.3, -0.25) is 4.79 Å². The van der Waals surface area contributed by atoms with Gasteiger partial charge >= 0.3 is 0 Å². The van der Waals surface area contributed by atoms with Crippen molar-refractivity contribution in [1.82, 2.24) is 4.57 Å². The van der Waals surface area contributed by atoms with Gasteiger partial charge in [-0.2, -0.15) is 5.26 Å². The van der Waals surface area contributed by atoms with Crippen molar-refractivity contribution in [2.45, 2.75) is 20.4 Å². The minimum absolute atomic E-state index is 0.0271. The van der Waals surface area contributed by atoms with Gasteiger partial charge < -0.3 is 14.6 Å². The van der Waals surface area contributed by atoms with Crippen LogP contribution in [0.15, 0.2) is 78.4 Å². The molecule has 0 spiro atoms. The summed E-state index contributed by atoms with van der Waals surface area (Å²) < 4.78 is 7.67. The van der Waals surface area contributed by atoms with Gasteiger partial charge in [0.25, 0.3) is 5.91 Å². The Morgan fingerprint density at radius 1 is 1.12 bits per heavy atom. The second-order valence-electron chi connectivity index (χ2n) is 7.81. The van der Waals surface area contributed by atoms with Crippen LogP contribution < -0.4 is 10.1 Å². The minimum Gasteiger partial charge on any atom is -0.494 e. The van der Waals surface area contributed by atoms with Crippen LogP contribution in [0.3, 0.4) is 0 Å². The number of benzene rings is 3. The molecule has 0 saturated carbocycles. The van der Waals surface area contributed by atoms with Gasteiger partial charge in [-0.25, -0.2) is 0 Å². The van der Waals surface area contributed by atoms with E-state index in [1.54, 1.807) is 24.3 Å². The topological polar surface area (TPSA) is 67.0 Å². The fraction of sp³-hybridized carbons (Fsp3) is 0.143. The molecule has 0 unspecified atom stereocenters. The number of nitrogens with one attached hydrogen (secondary N) is 1. The Morgan fingerprint density at radius 3 is 2.62 bits per heavy atom. The van der Waals surface area contributed by atoms with Crippen LogP contribution in [-0.2, 0) is 11.3 Å². The van der Waals surface area contributed by atoms with Crippen molar-refractivity contribution in [3.63, 3.8) is 0 Å². The number of hydrogen-bond acceptors (Lipinski definition) is 3. The Hall–Kier alpha value is -4.01. The standard InChI is InChI=1S/C28H24ClN3O2/c1-3-34-24-8-6-7-23(16-24)31-28(33)21(17-30)15-26-19(2)32(27-10-5-4-9-25(26)27)18-20-11-13-22(29)14-12-20/h4-16H,3,18H2,1-2H3,(H,31,33)/b21-15-. The molecule has 0 radical (unpaired) electrons. The van der Waals surface area contributed by atoms with Crippen LogP contribution in [0.2, 0.25) is 5.02 Å². The average molecular weight is 470 g/mol. The predicted octanol–water partition coefficient (Wildman–Crippen LogP) is 6.60. The molecule has 1 aromatic heterocycles. The van der Waals surface area contributed by atoms with Crippen molar-refractivity contribution in [3.8, 4) is 11.8 Å². The molecule has 4 aromatic rings. The molecule has 0 fully saturated rings. The van der Waals surface area contributed by atoms with Crippen LogP contribution in [0.4, 0.5) is 5.69 Å². The molecule has 1 amide bonds. The van der Waals surface area contributed by atoms with Crippen LogP contribution >= 0.6 is 11.6 Å². The summed E-state index contributed by atoms with van der Waals surface area (Å²) in [5.41, 5.74) is 4.55. The molecular weight excluding hydrogens is 446 g/mol. The Morgan fingerprint density at radius 2 is 1.88 bits per heavy atom. The molecule has 170 valence electrons. The lowest BCUT2D eigenvalue weighted by molar-refractivity contribution is -0.112. The highest BCUT2D eigenvalue weighted by molar-refractivity contribution is 6.30. The fourth-order valence-corrected chi connectivity index (χ4v) is 4.06. The van der Waals surface area contributed by atoms with Gasteiger partial charge in [-0.05, 0) is 55.8 Å². The molecule has 6 heteroatoms. The fourth-order valence-electron chi connectivity index (χ4n) is 3.94. The summed E-state index contributed by atoms with van der Waals surface area (Å²) in [6, 6.07) is 24.9. The molecule has 0 aliphatic carbocycles. The molecule has 0 aliphatic heterocycles. The normalized spacial score (nSPS) is 11.3. The largest absolute Gasteiger partial charge is 0.494 e. The van der Waals surface area contributed by atoms with Crippen LogP contribution in [0.25, 0.3) is 17.0 Å². The third kappa shape index (κ3) is 4.98. The first-order valence-electron chi connectivity index (χ1n) is 11.0. The SMILES string of the molecule is CCOc1cccc(NC(=O)/C(C#N)=C\c2c(C)n(Cc3ccc(Cl)cc3)c3ccccc23)c1. The predicted molar refractivity (Wildman–Crippen MR) is 137 cm³/mol. The number of halogens is 1. The zero-order chi connectivity index (χ0) is 24.1. The molecule has 3 aromatic carbocycles. The van der Waals surface area contributed by atoms with E-state index < -0.39 is 5.91 Å². The first-order valence-corrected chi connectivity index (χ1v) is 11.4. The summed E-state index contributed by atoms with van der Waals surface area (Å²) in [5, 5.41) is 14.3. The monoisotopic (exact) mass is 469 g/mol. The lowest BCUT2D eigenvalue weighted by Crippen LogP contribution is -2.13. The summed E-state index contributed by atoms with van der Waals surface area (Å²) in [5.74, 6) is 0.189. The molecule has 5 nitrogen and oxygen atoms in total. The van der Waals surface area contributed by atoms with Crippen molar-refractivity contribution in [1.29, 1.82) is 5.26 Å². The summed E-state index contributed by atoms with van der Waals surface area (Å²) in [6.07, 6.45) is 1.66. The summed E-state index contributed by atoms with van der Waals surface area (Å²) in [6.45, 7) is 5.07. The van der Waals surface area contributed by atoms with E-state index in [0.717, 1.165) is 27.7 Å². The van der Waals surface area contributed by atoms with E-state index in [0.29, 0.717) is 29.6 Å². The summed E-state index contributed by atoms with van der Waals surface area (Å²) in [7, 11) is 0. The number of carbonyl (C=O) groups is 1. The summed E-state index contributed by atoms with van der Waals surface area (Å²) in [4.78, 5) is 12.9. The maximum atomic E-state index is 12.9. The van der Waals surface area contributed by atoms with Crippen LogP contribution in [0.5, 0.6) is 5.75 Å². The maximum Gasteiger partial charge on any atom is 0.266 e. The molecule has 1 heterocycles. The minimum atomic E-state index is -0.468. The average Bonchev–Trinajstić information content (AvgIpc) is 3.10. The lowest BCUT2D eigenvalue weighted by atomic mass is 10.1. The number of anilines is 1. The zero-order valence-electron chi connectivity index (χ0n) is 19.0. The molecule has 34 heavy (non-hydrogen) atoms. The van der Waals surface area contributed by atoms with Gasteiger partial charge in [0.2, 0.25) is 0 Å². The maximum absolute atomic E-state index is 12.9. The van der Waals surface area contributed by atoms with Crippen LogP contribution in [0.1, 0.15) is 23.7 Å². The number of amides is 1. The number of carbonyl (C=O) groups excluding carboxylic acids is 1. The van der Waals surface area contributed by atoms with Gasteiger partial charge in [0, 0.05) is 45.5 Å². The van der Waals surface area contributed by atoms with Crippen LogP contribution in [0, 0.1) is 18.3 Å². The van der Waals surface area contributed by atoms with Crippen molar-refractivity contribution in [2.75, 3.05) is 11.9 Å².